The van der Waals surface area contributed by atoms with E-state index in [4.69, 9.17) is 5.73 Å². The molecule has 1 unspecified atom stereocenters. The van der Waals surface area contributed by atoms with E-state index < -0.39 is 5.92 Å². The first-order valence-electron chi connectivity index (χ1n) is 11.6. The lowest BCUT2D eigenvalue weighted by Gasteiger charge is -2.39. The molecule has 1 atom stereocenters. The van der Waals surface area contributed by atoms with Crippen molar-refractivity contribution in [3.8, 4) is 0 Å². The number of rotatable bonds is 5. The van der Waals surface area contributed by atoms with Gasteiger partial charge in [0, 0.05) is 38.1 Å². The predicted molar refractivity (Wildman–Crippen MR) is 117 cm³/mol. The number of hydrogen-bond acceptors (Lipinski definition) is 6. The van der Waals surface area contributed by atoms with E-state index in [2.05, 4.69) is 27.1 Å². The molecule has 3 aliphatic rings. The van der Waals surface area contributed by atoms with Gasteiger partial charge in [-0.05, 0) is 64.0 Å². The maximum Gasteiger partial charge on any atom is 0.235 e. The highest BCUT2D eigenvalue weighted by Gasteiger charge is 2.31. The van der Waals surface area contributed by atoms with Crippen LogP contribution in [0.2, 0.25) is 0 Å². The van der Waals surface area contributed by atoms with Gasteiger partial charge in [0.25, 0.3) is 0 Å². The third kappa shape index (κ3) is 5.23. The molecular formula is C23H34FN5O2. The minimum absolute atomic E-state index is 0.261. The molecule has 0 radical (unpaired) electrons. The van der Waals surface area contributed by atoms with Gasteiger partial charge < -0.3 is 15.5 Å². The average Bonchev–Trinajstić information content (AvgIpc) is 2.75. The molecule has 4 rings (SSSR count). The van der Waals surface area contributed by atoms with Crippen LogP contribution >= 0.6 is 0 Å². The predicted octanol–water partition coefficient (Wildman–Crippen LogP) is 2.16. The Morgan fingerprint density at radius 2 is 1.87 bits per heavy atom. The van der Waals surface area contributed by atoms with E-state index in [0.29, 0.717) is 35.8 Å². The normalized spacial score (nSPS) is 28.1. The fourth-order valence-corrected chi connectivity index (χ4v) is 5.29. The van der Waals surface area contributed by atoms with Crippen molar-refractivity contribution < 1.29 is 14.0 Å². The fraction of sp³-hybridized carbons (Fsp3) is 0.696. The summed E-state index contributed by atoms with van der Waals surface area (Å²) in [4.78, 5) is 32.3. The lowest BCUT2D eigenvalue weighted by atomic mass is 9.89. The summed E-state index contributed by atoms with van der Waals surface area (Å²) in [5, 5.41) is 2.31. The van der Waals surface area contributed by atoms with E-state index in [1.165, 1.54) is 18.9 Å². The van der Waals surface area contributed by atoms with Crippen LogP contribution in [0.3, 0.4) is 0 Å². The second kappa shape index (κ2) is 9.61. The lowest BCUT2D eigenvalue weighted by Crippen LogP contribution is -2.43. The van der Waals surface area contributed by atoms with Gasteiger partial charge in [0.2, 0.25) is 11.8 Å². The molecule has 1 aromatic rings. The molecule has 170 valence electrons. The summed E-state index contributed by atoms with van der Waals surface area (Å²) in [6.07, 6.45) is 8.87. The van der Waals surface area contributed by atoms with E-state index in [-0.39, 0.29) is 24.1 Å². The zero-order valence-corrected chi connectivity index (χ0v) is 18.4. The number of nitrogens with one attached hydrogen (secondary N) is 1. The Hall–Kier alpha value is -2.06. The minimum atomic E-state index is -0.558. The van der Waals surface area contributed by atoms with Gasteiger partial charge >= 0.3 is 0 Å². The molecule has 31 heavy (non-hydrogen) atoms. The SMILES string of the molecule is CN(CC1CCN(c2cnc(C3CCC(=O)NC3=O)cc2F)CC1)C1CCC(N)CC1. The number of pyridine rings is 1. The van der Waals surface area contributed by atoms with Crippen molar-refractivity contribution in [1.29, 1.82) is 0 Å². The Labute approximate surface area is 183 Å². The van der Waals surface area contributed by atoms with Crippen LogP contribution < -0.4 is 16.0 Å². The van der Waals surface area contributed by atoms with Crippen molar-refractivity contribution >= 4 is 17.5 Å². The second-order valence-corrected chi connectivity index (χ2v) is 9.50. The van der Waals surface area contributed by atoms with Crippen molar-refractivity contribution in [2.24, 2.45) is 11.7 Å². The third-order valence-electron chi connectivity index (χ3n) is 7.32. The van der Waals surface area contributed by atoms with Gasteiger partial charge in [-0.2, -0.15) is 0 Å². The Morgan fingerprint density at radius 3 is 2.52 bits per heavy atom. The standard InChI is InChI=1S/C23H34FN5O2/c1-28(17-4-2-16(25)3-5-17)14-15-8-10-29(11-9-15)21-13-26-20(12-19(21)24)18-6-7-22(30)27-23(18)31/h12-13,15-18H,2-11,14,25H2,1H3,(H,27,30,31). The van der Waals surface area contributed by atoms with Crippen LogP contribution in [0.15, 0.2) is 12.3 Å². The Bertz CT molecular complexity index is 803. The maximum atomic E-state index is 14.9. The number of carbonyl (C=O) groups is 2. The van der Waals surface area contributed by atoms with Crippen molar-refractivity contribution in [3.05, 3.63) is 23.8 Å². The zero-order valence-electron chi connectivity index (χ0n) is 18.4. The average molecular weight is 432 g/mol. The molecule has 2 aliphatic heterocycles. The largest absolute Gasteiger partial charge is 0.368 e. The van der Waals surface area contributed by atoms with Crippen LogP contribution in [-0.4, -0.2) is 60.5 Å². The number of halogens is 1. The summed E-state index contributed by atoms with van der Waals surface area (Å²) in [6.45, 7) is 2.71. The third-order valence-corrected chi connectivity index (χ3v) is 7.32. The number of nitrogens with two attached hydrogens (primary N) is 1. The van der Waals surface area contributed by atoms with Crippen molar-refractivity contribution in [2.45, 2.75) is 69.4 Å². The topological polar surface area (TPSA) is 91.6 Å². The first-order chi connectivity index (χ1) is 14.9. The van der Waals surface area contributed by atoms with Gasteiger partial charge in [0.15, 0.2) is 0 Å². The smallest absolute Gasteiger partial charge is 0.235 e. The van der Waals surface area contributed by atoms with Gasteiger partial charge in [-0.3, -0.25) is 19.9 Å². The maximum absolute atomic E-state index is 14.9. The summed E-state index contributed by atoms with van der Waals surface area (Å²) < 4.78 is 14.9. The molecular weight excluding hydrogens is 397 g/mol. The van der Waals surface area contributed by atoms with Gasteiger partial charge in [0.1, 0.15) is 5.82 Å². The molecule has 0 bridgehead atoms. The molecule has 3 heterocycles. The van der Waals surface area contributed by atoms with Gasteiger partial charge in [-0.15, -0.1) is 0 Å². The summed E-state index contributed by atoms with van der Waals surface area (Å²) in [7, 11) is 2.23. The van der Waals surface area contributed by atoms with Crippen LogP contribution in [0.25, 0.3) is 0 Å². The number of aromatic nitrogens is 1. The Morgan fingerprint density at radius 1 is 1.16 bits per heavy atom. The van der Waals surface area contributed by atoms with E-state index in [1.54, 1.807) is 6.20 Å². The molecule has 0 spiro atoms. The van der Waals surface area contributed by atoms with Crippen molar-refractivity contribution in [3.63, 3.8) is 0 Å². The number of amides is 2. The summed E-state index contributed by atoms with van der Waals surface area (Å²) >= 11 is 0. The molecule has 2 saturated heterocycles. The number of hydrogen-bond donors (Lipinski definition) is 2. The van der Waals surface area contributed by atoms with Crippen LogP contribution in [0.4, 0.5) is 10.1 Å². The molecule has 3 N–H and O–H groups in total. The molecule has 2 amide bonds. The van der Waals surface area contributed by atoms with E-state index in [9.17, 15) is 14.0 Å². The van der Waals surface area contributed by atoms with Crippen LogP contribution in [-0.2, 0) is 9.59 Å². The minimum Gasteiger partial charge on any atom is -0.368 e. The van der Waals surface area contributed by atoms with Crippen molar-refractivity contribution in [2.75, 3.05) is 31.6 Å². The van der Waals surface area contributed by atoms with Crippen LogP contribution in [0.5, 0.6) is 0 Å². The quantitative estimate of drug-likeness (QED) is 0.695. The lowest BCUT2D eigenvalue weighted by molar-refractivity contribution is -0.134. The molecule has 1 saturated carbocycles. The van der Waals surface area contributed by atoms with Crippen LogP contribution in [0.1, 0.15) is 63.0 Å². The van der Waals surface area contributed by atoms with Crippen LogP contribution in [0, 0.1) is 11.7 Å². The van der Waals surface area contributed by atoms with E-state index >= 15 is 0 Å². The monoisotopic (exact) mass is 431 g/mol. The number of anilines is 1. The van der Waals surface area contributed by atoms with Gasteiger partial charge in [-0.25, -0.2) is 4.39 Å². The molecule has 8 heteroatoms. The highest BCUT2D eigenvalue weighted by atomic mass is 19.1. The molecule has 1 aromatic heterocycles. The number of nitrogens with zero attached hydrogens (tertiary/aromatic N) is 3. The highest BCUT2D eigenvalue weighted by Crippen LogP contribution is 2.30. The number of piperidine rings is 2. The first kappa shape index (κ1) is 22.1. The van der Waals surface area contributed by atoms with Gasteiger partial charge in [0.05, 0.1) is 23.5 Å². The number of carbonyl (C=O) groups excluding carboxylic acids is 2. The number of imide groups is 1. The van der Waals surface area contributed by atoms with E-state index in [0.717, 1.165) is 45.3 Å². The van der Waals surface area contributed by atoms with Gasteiger partial charge in [-0.1, -0.05) is 0 Å². The molecule has 1 aliphatic carbocycles. The summed E-state index contributed by atoms with van der Waals surface area (Å²) in [5.74, 6) is -0.948. The summed E-state index contributed by atoms with van der Waals surface area (Å²) in [6, 6.07) is 2.38. The highest BCUT2D eigenvalue weighted by molar-refractivity contribution is 6.00. The fourth-order valence-electron chi connectivity index (χ4n) is 5.29. The second-order valence-electron chi connectivity index (χ2n) is 9.50. The summed E-state index contributed by atoms with van der Waals surface area (Å²) in [5.41, 5.74) is 6.94. The zero-order chi connectivity index (χ0) is 22.0. The molecule has 3 fully saturated rings. The molecule has 0 aromatic carbocycles. The van der Waals surface area contributed by atoms with Crippen molar-refractivity contribution in [1.82, 2.24) is 15.2 Å². The van der Waals surface area contributed by atoms with E-state index in [1.807, 2.05) is 0 Å². The Kier molecular flexibility index (Phi) is 6.86. The Balaban J connectivity index is 1.30. The molecule has 7 nitrogen and oxygen atoms in total. The first-order valence-corrected chi connectivity index (χ1v) is 11.6.